The van der Waals surface area contributed by atoms with Gasteiger partial charge in [-0.25, -0.2) is 0 Å². The van der Waals surface area contributed by atoms with Crippen LogP contribution in [0.4, 0.5) is 5.69 Å². The third-order valence-electron chi connectivity index (χ3n) is 2.08. The first-order chi connectivity index (χ1) is 8.20. The monoisotopic (exact) mass is 295 g/mol. The average Bonchev–Trinajstić information content (AvgIpc) is 2.76. The smallest absolute Gasteiger partial charge is 0.249 e. The molecule has 0 fully saturated rings. The lowest BCUT2D eigenvalue weighted by Crippen LogP contribution is -2.12. The number of alkyl halides is 1. The van der Waals surface area contributed by atoms with E-state index in [1.54, 1.807) is 13.0 Å². The third-order valence-corrected chi connectivity index (χ3v) is 2.59. The second-order valence-corrected chi connectivity index (χ2v) is 3.91. The Balaban J connectivity index is 2.37. The molecule has 1 heterocycles. The van der Waals surface area contributed by atoms with Gasteiger partial charge < -0.3 is 9.73 Å². The Hall–Kier alpha value is -1.69. The van der Waals surface area contributed by atoms with Crippen LogP contribution in [0, 0.1) is 6.92 Å². The van der Waals surface area contributed by atoms with Gasteiger partial charge in [0.2, 0.25) is 17.7 Å². The van der Waals surface area contributed by atoms with Crippen molar-refractivity contribution in [1.82, 2.24) is 10.2 Å². The van der Waals surface area contributed by atoms with Gasteiger partial charge in [-0.1, -0.05) is 28.1 Å². The summed E-state index contributed by atoms with van der Waals surface area (Å²) in [4.78, 5) is 11.3. The predicted molar refractivity (Wildman–Crippen MR) is 66.9 cm³/mol. The summed E-state index contributed by atoms with van der Waals surface area (Å²) < 4.78 is 5.34. The quantitative estimate of drug-likeness (QED) is 0.883. The molecule has 1 aromatic heterocycles. The summed E-state index contributed by atoms with van der Waals surface area (Å²) in [5.41, 5.74) is 1.36. The first-order valence-corrected chi connectivity index (χ1v) is 6.08. The molecule has 1 aromatic carbocycles. The van der Waals surface area contributed by atoms with Crippen LogP contribution in [0.15, 0.2) is 28.7 Å². The number of nitrogens with zero attached hydrogens (tertiary/aromatic N) is 2. The van der Waals surface area contributed by atoms with Gasteiger partial charge in [0.1, 0.15) is 0 Å². The number of hydrogen-bond donors (Lipinski definition) is 1. The molecule has 0 aliphatic carbocycles. The van der Waals surface area contributed by atoms with Crippen LogP contribution in [0.25, 0.3) is 11.5 Å². The third kappa shape index (κ3) is 2.71. The minimum Gasteiger partial charge on any atom is -0.421 e. The van der Waals surface area contributed by atoms with Gasteiger partial charge in [0.25, 0.3) is 0 Å². The molecule has 2 aromatic rings. The molecule has 0 unspecified atom stereocenters. The number of hydrogen-bond acceptors (Lipinski definition) is 4. The predicted octanol–water partition coefficient (Wildman–Crippen LogP) is 2.38. The van der Waals surface area contributed by atoms with Crippen LogP contribution in [0.5, 0.6) is 0 Å². The van der Waals surface area contributed by atoms with Gasteiger partial charge in [-0.15, -0.1) is 10.2 Å². The van der Waals surface area contributed by atoms with Gasteiger partial charge >= 0.3 is 0 Å². The lowest BCUT2D eigenvalue weighted by Gasteiger charge is -2.06. The highest BCUT2D eigenvalue weighted by molar-refractivity contribution is 9.09. The molecule has 2 rings (SSSR count). The lowest BCUT2D eigenvalue weighted by atomic mass is 10.2. The zero-order chi connectivity index (χ0) is 12.3. The Morgan fingerprint density at radius 1 is 1.41 bits per heavy atom. The maximum absolute atomic E-state index is 11.3. The van der Waals surface area contributed by atoms with E-state index in [9.17, 15) is 4.79 Å². The summed E-state index contributed by atoms with van der Waals surface area (Å²) in [6.07, 6.45) is 0. The normalized spacial score (nSPS) is 10.2. The summed E-state index contributed by atoms with van der Waals surface area (Å²) in [7, 11) is 0. The van der Waals surface area contributed by atoms with Crippen molar-refractivity contribution in [3.63, 3.8) is 0 Å². The fourth-order valence-electron chi connectivity index (χ4n) is 1.37. The first kappa shape index (κ1) is 11.8. The van der Waals surface area contributed by atoms with Crippen molar-refractivity contribution >= 4 is 27.5 Å². The van der Waals surface area contributed by atoms with Gasteiger partial charge in [-0.05, 0) is 12.1 Å². The van der Waals surface area contributed by atoms with Gasteiger partial charge in [0.15, 0.2) is 0 Å². The van der Waals surface area contributed by atoms with Crippen molar-refractivity contribution in [2.75, 3.05) is 10.6 Å². The van der Waals surface area contributed by atoms with Crippen molar-refractivity contribution in [3.05, 3.63) is 30.2 Å². The molecule has 0 aliphatic heterocycles. The van der Waals surface area contributed by atoms with Crippen LogP contribution in [0.1, 0.15) is 5.89 Å². The Labute approximate surface area is 106 Å². The Morgan fingerprint density at radius 2 is 2.18 bits per heavy atom. The number of amides is 1. The Kier molecular flexibility index (Phi) is 3.53. The molecule has 0 bridgehead atoms. The van der Waals surface area contributed by atoms with Crippen LogP contribution < -0.4 is 5.32 Å². The van der Waals surface area contributed by atoms with E-state index in [1.165, 1.54) is 0 Å². The van der Waals surface area contributed by atoms with E-state index in [0.717, 1.165) is 0 Å². The minimum atomic E-state index is -0.131. The summed E-state index contributed by atoms with van der Waals surface area (Å²) in [6, 6.07) is 7.28. The molecule has 0 spiro atoms. The number of halogens is 1. The maximum atomic E-state index is 11.3. The van der Waals surface area contributed by atoms with E-state index in [0.29, 0.717) is 23.0 Å². The van der Waals surface area contributed by atoms with Crippen LogP contribution >= 0.6 is 15.9 Å². The molecule has 0 radical (unpaired) electrons. The summed E-state index contributed by atoms with van der Waals surface area (Å²) in [6.45, 7) is 1.72. The van der Waals surface area contributed by atoms with Crippen LogP contribution in [-0.4, -0.2) is 21.4 Å². The molecule has 17 heavy (non-hydrogen) atoms. The summed E-state index contributed by atoms with van der Waals surface area (Å²) in [5, 5.41) is 10.7. The second kappa shape index (κ2) is 5.09. The van der Waals surface area contributed by atoms with Crippen molar-refractivity contribution in [2.24, 2.45) is 0 Å². The zero-order valence-electron chi connectivity index (χ0n) is 9.11. The molecule has 0 saturated carbocycles. The van der Waals surface area contributed by atoms with Crippen molar-refractivity contribution in [3.8, 4) is 11.5 Å². The minimum absolute atomic E-state index is 0.131. The molecule has 0 aliphatic rings. The van der Waals surface area contributed by atoms with E-state index >= 15 is 0 Å². The maximum Gasteiger partial charge on any atom is 0.249 e. The standard InChI is InChI=1S/C11H10BrN3O2/c1-7-14-15-11(17-7)8-4-2-3-5-9(8)13-10(16)6-12/h2-5H,6H2,1H3,(H,13,16). The fraction of sp³-hybridized carbons (Fsp3) is 0.182. The van der Waals surface area contributed by atoms with E-state index < -0.39 is 0 Å². The van der Waals surface area contributed by atoms with Crippen LogP contribution in [0.2, 0.25) is 0 Å². The number of aromatic nitrogens is 2. The van der Waals surface area contributed by atoms with Gasteiger partial charge in [0.05, 0.1) is 16.6 Å². The molecule has 0 atom stereocenters. The lowest BCUT2D eigenvalue weighted by molar-refractivity contribution is -0.113. The molecule has 1 N–H and O–H groups in total. The molecule has 1 amide bonds. The largest absolute Gasteiger partial charge is 0.421 e. The number of carbonyl (C=O) groups is 1. The summed E-state index contributed by atoms with van der Waals surface area (Å²) in [5.74, 6) is 0.753. The average molecular weight is 296 g/mol. The number of carbonyl (C=O) groups excluding carboxylic acids is 1. The topological polar surface area (TPSA) is 68.0 Å². The van der Waals surface area contributed by atoms with E-state index in [4.69, 9.17) is 4.42 Å². The molecular formula is C11H10BrN3O2. The van der Waals surface area contributed by atoms with Crippen LogP contribution in [0.3, 0.4) is 0 Å². The number of para-hydroxylation sites is 1. The zero-order valence-corrected chi connectivity index (χ0v) is 10.7. The highest BCUT2D eigenvalue weighted by atomic mass is 79.9. The number of benzene rings is 1. The second-order valence-electron chi connectivity index (χ2n) is 3.35. The highest BCUT2D eigenvalue weighted by Gasteiger charge is 2.12. The van der Waals surface area contributed by atoms with E-state index in [2.05, 4.69) is 31.4 Å². The highest BCUT2D eigenvalue weighted by Crippen LogP contribution is 2.26. The van der Waals surface area contributed by atoms with E-state index in [-0.39, 0.29) is 11.2 Å². The van der Waals surface area contributed by atoms with Crippen molar-refractivity contribution < 1.29 is 9.21 Å². The summed E-state index contributed by atoms with van der Waals surface area (Å²) >= 11 is 3.09. The number of aryl methyl sites for hydroxylation is 1. The number of nitrogens with one attached hydrogen (secondary N) is 1. The molecule has 0 saturated heterocycles. The number of rotatable bonds is 3. The number of anilines is 1. The van der Waals surface area contributed by atoms with Gasteiger partial charge in [0, 0.05) is 6.92 Å². The SMILES string of the molecule is Cc1nnc(-c2ccccc2NC(=O)CBr)o1. The molecular weight excluding hydrogens is 286 g/mol. The Morgan fingerprint density at radius 3 is 2.82 bits per heavy atom. The van der Waals surface area contributed by atoms with Crippen molar-refractivity contribution in [1.29, 1.82) is 0 Å². The Bertz CT molecular complexity index is 539. The first-order valence-electron chi connectivity index (χ1n) is 4.96. The van der Waals surface area contributed by atoms with Crippen LogP contribution in [-0.2, 0) is 4.79 Å². The van der Waals surface area contributed by atoms with Gasteiger partial charge in [-0.2, -0.15) is 0 Å². The van der Waals surface area contributed by atoms with E-state index in [1.807, 2.05) is 18.2 Å². The molecule has 5 nitrogen and oxygen atoms in total. The van der Waals surface area contributed by atoms with Gasteiger partial charge in [-0.3, -0.25) is 4.79 Å². The molecule has 88 valence electrons. The fourth-order valence-corrected chi connectivity index (χ4v) is 1.51. The van der Waals surface area contributed by atoms with Crippen molar-refractivity contribution in [2.45, 2.75) is 6.92 Å². The molecule has 6 heteroatoms.